The molecule has 1 saturated heterocycles. The Morgan fingerprint density at radius 1 is 1.21 bits per heavy atom. The zero-order valence-electron chi connectivity index (χ0n) is 15.2. The number of carbonyl (C=O) groups excluding carboxylic acids is 1. The topological polar surface area (TPSA) is 59.6 Å². The Kier molecular flexibility index (Phi) is 6.63. The van der Waals surface area contributed by atoms with E-state index in [1.54, 1.807) is 7.11 Å². The molecule has 134 valence electrons. The van der Waals surface area contributed by atoms with Crippen molar-refractivity contribution in [2.75, 3.05) is 26.8 Å². The molecule has 1 atom stereocenters. The lowest BCUT2D eigenvalue weighted by molar-refractivity contribution is -0.136. The second-order valence-electron chi connectivity index (χ2n) is 6.89. The number of hydrogen-bond donors (Lipinski definition) is 2. The summed E-state index contributed by atoms with van der Waals surface area (Å²) in [7, 11) is 1.66. The summed E-state index contributed by atoms with van der Waals surface area (Å²) in [6, 6.07) is 7.87. The molecule has 2 rings (SSSR count). The van der Waals surface area contributed by atoms with Gasteiger partial charge < -0.3 is 20.1 Å². The summed E-state index contributed by atoms with van der Waals surface area (Å²) in [6.45, 7) is 8.20. The molecule has 1 fully saturated rings. The Morgan fingerprint density at radius 3 is 2.38 bits per heavy atom. The zero-order valence-corrected chi connectivity index (χ0v) is 15.2. The van der Waals surface area contributed by atoms with Gasteiger partial charge >= 0.3 is 0 Å². The predicted octanol–water partition coefficient (Wildman–Crippen LogP) is 2.67. The Hall–Kier alpha value is -1.59. The number of piperidine rings is 1. The van der Waals surface area contributed by atoms with Gasteiger partial charge in [0.1, 0.15) is 5.75 Å². The van der Waals surface area contributed by atoms with Gasteiger partial charge in [-0.25, -0.2) is 0 Å². The largest absolute Gasteiger partial charge is 0.491 e. The van der Waals surface area contributed by atoms with Crippen molar-refractivity contribution in [1.29, 1.82) is 0 Å². The van der Waals surface area contributed by atoms with E-state index in [1.807, 2.05) is 45.0 Å². The normalized spacial score (nSPS) is 18.2. The zero-order chi connectivity index (χ0) is 17.6. The van der Waals surface area contributed by atoms with E-state index in [4.69, 9.17) is 9.47 Å². The maximum atomic E-state index is 12.9. The van der Waals surface area contributed by atoms with E-state index < -0.39 is 5.41 Å². The van der Waals surface area contributed by atoms with Gasteiger partial charge in [0, 0.05) is 7.11 Å². The van der Waals surface area contributed by atoms with Gasteiger partial charge in [-0.1, -0.05) is 12.1 Å². The highest BCUT2D eigenvalue weighted by Gasteiger charge is 2.40. The molecule has 1 aromatic rings. The molecule has 5 nitrogen and oxygen atoms in total. The minimum Gasteiger partial charge on any atom is -0.491 e. The predicted molar refractivity (Wildman–Crippen MR) is 95.2 cm³/mol. The van der Waals surface area contributed by atoms with Gasteiger partial charge in [-0.05, 0) is 64.4 Å². The Labute approximate surface area is 145 Å². The van der Waals surface area contributed by atoms with Gasteiger partial charge in [0.2, 0.25) is 5.91 Å². The molecule has 1 aromatic carbocycles. The molecule has 2 N–H and O–H groups in total. The Balaban J connectivity index is 2.01. The minimum absolute atomic E-state index is 0.0470. The van der Waals surface area contributed by atoms with Crippen molar-refractivity contribution in [2.24, 2.45) is 5.41 Å². The molecule has 0 aromatic heterocycles. The highest BCUT2D eigenvalue weighted by atomic mass is 16.5. The Morgan fingerprint density at radius 2 is 1.83 bits per heavy atom. The van der Waals surface area contributed by atoms with Gasteiger partial charge in [0.05, 0.1) is 24.2 Å². The lowest BCUT2D eigenvalue weighted by Gasteiger charge is -2.36. The van der Waals surface area contributed by atoms with E-state index in [-0.39, 0.29) is 18.1 Å². The van der Waals surface area contributed by atoms with Crippen LogP contribution >= 0.6 is 0 Å². The lowest BCUT2D eigenvalue weighted by Crippen LogP contribution is -2.50. The number of benzene rings is 1. The molecule has 0 bridgehead atoms. The number of methoxy groups -OCH3 is 1. The third-order valence-electron chi connectivity index (χ3n) is 4.56. The fourth-order valence-corrected chi connectivity index (χ4v) is 3.16. The van der Waals surface area contributed by atoms with Crippen LogP contribution in [0.5, 0.6) is 5.75 Å². The van der Waals surface area contributed by atoms with Crippen molar-refractivity contribution in [2.45, 2.75) is 45.8 Å². The van der Waals surface area contributed by atoms with Gasteiger partial charge in [0.25, 0.3) is 0 Å². The highest BCUT2D eigenvalue weighted by Crippen LogP contribution is 2.30. The van der Waals surface area contributed by atoms with Crippen molar-refractivity contribution in [3.63, 3.8) is 0 Å². The first-order valence-corrected chi connectivity index (χ1v) is 8.74. The van der Waals surface area contributed by atoms with Gasteiger partial charge in [-0.2, -0.15) is 0 Å². The van der Waals surface area contributed by atoms with Crippen LogP contribution in [0.1, 0.15) is 45.2 Å². The molecule has 1 unspecified atom stereocenters. The summed E-state index contributed by atoms with van der Waals surface area (Å²) >= 11 is 0. The van der Waals surface area contributed by atoms with E-state index in [1.165, 1.54) is 0 Å². The molecule has 1 heterocycles. The average molecular weight is 334 g/mol. The number of rotatable bonds is 7. The number of nitrogens with one attached hydrogen (secondary N) is 2. The van der Waals surface area contributed by atoms with Crippen LogP contribution in [0.15, 0.2) is 24.3 Å². The standard InChI is InChI=1S/C19H30N2O3/c1-14(2)24-17-7-5-16(6-8-17)15(3)21-18(22)19(13-23-4)9-11-20-12-10-19/h5-8,14-15,20H,9-13H2,1-4H3,(H,21,22). The molecular weight excluding hydrogens is 304 g/mol. The van der Waals surface area contributed by atoms with Crippen LogP contribution in [0.2, 0.25) is 0 Å². The van der Waals surface area contributed by atoms with Crippen LogP contribution in [0, 0.1) is 5.41 Å². The molecule has 0 radical (unpaired) electrons. The first-order chi connectivity index (χ1) is 11.5. The van der Waals surface area contributed by atoms with Crippen LogP contribution < -0.4 is 15.4 Å². The molecule has 0 spiro atoms. The van der Waals surface area contributed by atoms with Crippen molar-refractivity contribution in [1.82, 2.24) is 10.6 Å². The molecule has 0 saturated carbocycles. The summed E-state index contributed by atoms with van der Waals surface area (Å²) in [5, 5.41) is 6.47. The van der Waals surface area contributed by atoms with Crippen LogP contribution in [-0.2, 0) is 9.53 Å². The number of hydrogen-bond acceptors (Lipinski definition) is 4. The SMILES string of the molecule is COCC1(C(=O)NC(C)c2ccc(OC(C)C)cc2)CCNCC1. The third kappa shape index (κ3) is 4.71. The second kappa shape index (κ2) is 8.49. The Bertz CT molecular complexity index is 516. The van der Waals surface area contributed by atoms with E-state index in [0.29, 0.717) is 6.61 Å². The molecule has 1 amide bonds. The minimum atomic E-state index is -0.422. The summed E-state index contributed by atoms with van der Waals surface area (Å²) < 4.78 is 11.0. The second-order valence-corrected chi connectivity index (χ2v) is 6.89. The molecule has 5 heteroatoms. The average Bonchev–Trinajstić information content (AvgIpc) is 2.56. The van der Waals surface area contributed by atoms with Crippen molar-refractivity contribution in [3.05, 3.63) is 29.8 Å². The molecule has 0 aliphatic carbocycles. The van der Waals surface area contributed by atoms with Crippen molar-refractivity contribution in [3.8, 4) is 5.75 Å². The summed E-state index contributed by atoms with van der Waals surface area (Å²) in [6.07, 6.45) is 1.77. The van der Waals surface area contributed by atoms with Crippen LogP contribution in [0.25, 0.3) is 0 Å². The van der Waals surface area contributed by atoms with Crippen LogP contribution in [0.3, 0.4) is 0 Å². The number of carbonyl (C=O) groups is 1. The first-order valence-electron chi connectivity index (χ1n) is 8.74. The maximum absolute atomic E-state index is 12.9. The number of ether oxygens (including phenoxy) is 2. The molecular formula is C19H30N2O3. The van der Waals surface area contributed by atoms with Crippen molar-refractivity contribution < 1.29 is 14.3 Å². The van der Waals surface area contributed by atoms with Gasteiger partial charge in [0.15, 0.2) is 0 Å². The van der Waals surface area contributed by atoms with E-state index in [9.17, 15) is 4.79 Å². The van der Waals surface area contributed by atoms with E-state index in [0.717, 1.165) is 37.2 Å². The van der Waals surface area contributed by atoms with E-state index in [2.05, 4.69) is 10.6 Å². The van der Waals surface area contributed by atoms with Gasteiger partial charge in [-0.3, -0.25) is 4.79 Å². The smallest absolute Gasteiger partial charge is 0.229 e. The number of amides is 1. The fourth-order valence-electron chi connectivity index (χ4n) is 3.16. The van der Waals surface area contributed by atoms with Gasteiger partial charge in [-0.15, -0.1) is 0 Å². The van der Waals surface area contributed by atoms with E-state index >= 15 is 0 Å². The highest BCUT2D eigenvalue weighted by molar-refractivity contribution is 5.83. The summed E-state index contributed by atoms with van der Waals surface area (Å²) in [4.78, 5) is 12.9. The monoisotopic (exact) mass is 334 g/mol. The summed E-state index contributed by atoms with van der Waals surface area (Å²) in [5.74, 6) is 0.933. The first kappa shape index (κ1) is 18.7. The maximum Gasteiger partial charge on any atom is 0.229 e. The quantitative estimate of drug-likeness (QED) is 0.805. The summed E-state index contributed by atoms with van der Waals surface area (Å²) in [5.41, 5.74) is 0.649. The molecule has 1 aliphatic rings. The van der Waals surface area contributed by atoms with Crippen LogP contribution in [0.4, 0.5) is 0 Å². The van der Waals surface area contributed by atoms with Crippen molar-refractivity contribution >= 4 is 5.91 Å². The van der Waals surface area contributed by atoms with Crippen LogP contribution in [-0.4, -0.2) is 38.8 Å². The molecule has 1 aliphatic heterocycles. The fraction of sp³-hybridized carbons (Fsp3) is 0.632. The lowest BCUT2D eigenvalue weighted by atomic mass is 9.78. The third-order valence-corrected chi connectivity index (χ3v) is 4.56. The molecule has 24 heavy (non-hydrogen) atoms.